The molecule has 0 aliphatic rings. The molecule has 0 aromatic carbocycles. The molecule has 0 bridgehead atoms. The van der Waals surface area contributed by atoms with Gasteiger partial charge in [-0.3, -0.25) is 4.52 Å². The maximum absolute atomic E-state index is 12.6. The number of anilines is 2. The van der Waals surface area contributed by atoms with Gasteiger partial charge in [0.15, 0.2) is 12.3 Å². The van der Waals surface area contributed by atoms with E-state index in [-0.39, 0.29) is 27.8 Å². The van der Waals surface area contributed by atoms with Gasteiger partial charge in [-0.1, -0.05) is 4.68 Å². The number of nitrogens with two attached hydrogens (primary N) is 2. The molecule has 4 N–H and O–H groups in total. The normalized spacial score (nSPS) is 11.8. The van der Waals surface area contributed by atoms with Crippen LogP contribution in [0.15, 0.2) is 32.5 Å². The second-order valence-electron chi connectivity index (χ2n) is 5.53. The molecule has 4 rings (SSSR count). The minimum absolute atomic E-state index is 0.0580. The number of nitriles is 1. The van der Waals surface area contributed by atoms with E-state index in [4.69, 9.17) is 16.0 Å². The van der Waals surface area contributed by atoms with Gasteiger partial charge in [0, 0.05) is 16.8 Å². The lowest BCUT2D eigenvalue weighted by molar-refractivity contribution is -0.739. The highest BCUT2D eigenvalue weighted by Gasteiger charge is 2.22. The summed E-state index contributed by atoms with van der Waals surface area (Å²) in [4.78, 5) is 8.80. The van der Waals surface area contributed by atoms with Gasteiger partial charge in [0.2, 0.25) is 0 Å². The van der Waals surface area contributed by atoms with Crippen LogP contribution in [0.3, 0.4) is 0 Å². The van der Waals surface area contributed by atoms with Crippen LogP contribution in [0.2, 0.25) is 0 Å². The Hall–Kier alpha value is -3.49. The molecule has 0 saturated heterocycles. The minimum Gasteiger partial charge on any atom is -0.857 e. The maximum atomic E-state index is 12.6. The number of fused-ring (bicyclic) bond motifs is 1. The Morgan fingerprint density at radius 3 is 2.89 bits per heavy atom. The lowest BCUT2D eigenvalue weighted by Crippen LogP contribution is -2.27. The predicted molar refractivity (Wildman–Crippen MR) is 100 cm³/mol. The quantitative estimate of drug-likeness (QED) is 0.300. The fraction of sp³-hybridized carbons (Fsp3) is 0.0625. The van der Waals surface area contributed by atoms with Gasteiger partial charge in [-0.25, -0.2) is 9.98 Å². The Kier molecular flexibility index (Phi) is 3.98. The number of aryl methyl sites for hydroxylation is 1. The highest BCUT2D eigenvalue weighted by Crippen LogP contribution is 2.43. The zero-order valence-electron chi connectivity index (χ0n) is 13.8. The molecule has 9 nitrogen and oxygen atoms in total. The SMILES string of the molecule is C[n+]1cc(/N=C(\[O-])c2sc3nc(N)c(C#N)c(-c4ccsc4)c3c2N)on1. The fourth-order valence-corrected chi connectivity index (χ4v) is 4.29. The first-order valence-corrected chi connectivity index (χ1v) is 9.28. The highest BCUT2D eigenvalue weighted by molar-refractivity contribution is 7.21. The van der Waals surface area contributed by atoms with Gasteiger partial charge in [0.1, 0.15) is 22.3 Å². The van der Waals surface area contributed by atoms with Crippen LogP contribution < -0.4 is 21.3 Å². The summed E-state index contributed by atoms with van der Waals surface area (Å²) in [5.41, 5.74) is 14.0. The Bertz CT molecular complexity index is 1230. The van der Waals surface area contributed by atoms with Crippen molar-refractivity contribution in [2.75, 3.05) is 11.5 Å². The van der Waals surface area contributed by atoms with Crippen molar-refractivity contribution in [3.8, 4) is 17.2 Å². The van der Waals surface area contributed by atoms with Crippen LogP contribution in [0, 0.1) is 11.3 Å². The molecular formula is C16H11N7O2S2. The third-order valence-corrected chi connectivity index (χ3v) is 5.56. The summed E-state index contributed by atoms with van der Waals surface area (Å²) >= 11 is 2.54. The topological polar surface area (TPSA) is 154 Å². The van der Waals surface area contributed by atoms with Gasteiger partial charge in [0.05, 0.1) is 10.6 Å². The number of nitrogens with zero attached hydrogens (tertiary/aromatic N) is 5. The van der Waals surface area contributed by atoms with Crippen LogP contribution in [0.4, 0.5) is 17.4 Å². The molecular weight excluding hydrogens is 386 g/mol. The van der Waals surface area contributed by atoms with E-state index in [1.807, 2.05) is 16.8 Å². The Morgan fingerprint density at radius 2 is 2.26 bits per heavy atom. The van der Waals surface area contributed by atoms with Crippen molar-refractivity contribution in [2.24, 2.45) is 12.0 Å². The van der Waals surface area contributed by atoms with E-state index in [1.54, 1.807) is 7.05 Å². The zero-order valence-corrected chi connectivity index (χ0v) is 15.5. The molecule has 0 spiro atoms. The first-order chi connectivity index (χ1) is 13.0. The Morgan fingerprint density at radius 1 is 1.44 bits per heavy atom. The monoisotopic (exact) mass is 397 g/mol. The second-order valence-corrected chi connectivity index (χ2v) is 7.31. The molecule has 0 saturated carbocycles. The number of pyridine rings is 1. The van der Waals surface area contributed by atoms with Gasteiger partial charge in [-0.05, 0) is 22.4 Å². The molecule has 4 aromatic heterocycles. The smallest absolute Gasteiger partial charge is 0.320 e. The summed E-state index contributed by atoms with van der Waals surface area (Å²) in [6, 6.07) is 3.94. The van der Waals surface area contributed by atoms with Crippen LogP contribution >= 0.6 is 22.7 Å². The Balaban J connectivity index is 1.99. The van der Waals surface area contributed by atoms with E-state index in [0.29, 0.717) is 15.8 Å². The van der Waals surface area contributed by atoms with Crippen molar-refractivity contribution >= 4 is 56.2 Å². The standard InChI is InChI=1S/C16H11N7O2S2/c1-23-5-9(25-22-23)20-15(24)13-12(18)11-10(7-2-3-26-6-7)8(4-17)14(19)21-16(11)27-13/h2-3,5-6H,1H3,(H4-,18,19,20,21,22,24). The van der Waals surface area contributed by atoms with Crippen molar-refractivity contribution in [3.05, 3.63) is 33.5 Å². The van der Waals surface area contributed by atoms with E-state index in [2.05, 4.69) is 21.3 Å². The van der Waals surface area contributed by atoms with Crippen molar-refractivity contribution in [1.29, 1.82) is 5.26 Å². The number of aliphatic imine (C=N–C) groups is 1. The van der Waals surface area contributed by atoms with Gasteiger partial charge < -0.3 is 16.6 Å². The predicted octanol–water partition coefficient (Wildman–Crippen LogP) is 1.31. The third-order valence-electron chi connectivity index (χ3n) is 3.79. The molecule has 27 heavy (non-hydrogen) atoms. The maximum Gasteiger partial charge on any atom is 0.320 e. The molecule has 0 aliphatic heterocycles. The van der Waals surface area contributed by atoms with Crippen LogP contribution in [0.1, 0.15) is 10.4 Å². The molecule has 0 fully saturated rings. The van der Waals surface area contributed by atoms with Gasteiger partial charge in [-0.2, -0.15) is 16.6 Å². The number of rotatable bonds is 3. The van der Waals surface area contributed by atoms with Crippen LogP contribution in [0.25, 0.3) is 21.3 Å². The second kappa shape index (κ2) is 6.35. The zero-order chi connectivity index (χ0) is 19.1. The molecule has 0 atom stereocenters. The number of hydrogen-bond acceptors (Lipinski definition) is 10. The molecule has 0 amide bonds. The summed E-state index contributed by atoms with van der Waals surface area (Å²) in [7, 11) is 1.64. The summed E-state index contributed by atoms with van der Waals surface area (Å²) < 4.78 is 6.31. The molecule has 134 valence electrons. The molecule has 4 aromatic rings. The molecule has 0 radical (unpaired) electrons. The highest BCUT2D eigenvalue weighted by atomic mass is 32.1. The van der Waals surface area contributed by atoms with Crippen molar-refractivity contribution < 1.29 is 14.3 Å². The number of nitrogen functional groups attached to an aromatic ring is 2. The lowest BCUT2D eigenvalue weighted by atomic mass is 9.99. The third kappa shape index (κ3) is 2.77. The average Bonchev–Trinajstić information content (AvgIpc) is 3.35. The van der Waals surface area contributed by atoms with Crippen molar-refractivity contribution in [2.45, 2.75) is 0 Å². The van der Waals surface area contributed by atoms with E-state index >= 15 is 0 Å². The molecule has 0 aliphatic carbocycles. The van der Waals surface area contributed by atoms with Crippen LogP contribution in [0.5, 0.6) is 0 Å². The summed E-state index contributed by atoms with van der Waals surface area (Å²) in [5.74, 6) is -0.436. The van der Waals surface area contributed by atoms with Crippen molar-refractivity contribution in [3.63, 3.8) is 0 Å². The Labute approximate surface area is 160 Å². The van der Waals surface area contributed by atoms with E-state index in [0.717, 1.165) is 16.9 Å². The summed E-state index contributed by atoms with van der Waals surface area (Å²) in [6.45, 7) is 0. The number of hydrogen-bond donors (Lipinski definition) is 2. The average molecular weight is 397 g/mol. The lowest BCUT2D eigenvalue weighted by Gasteiger charge is -2.09. The van der Waals surface area contributed by atoms with Gasteiger partial charge in [-0.15, -0.1) is 11.3 Å². The van der Waals surface area contributed by atoms with Gasteiger partial charge >= 0.3 is 5.88 Å². The fourth-order valence-electron chi connectivity index (χ4n) is 2.65. The molecule has 4 heterocycles. The van der Waals surface area contributed by atoms with Crippen molar-refractivity contribution in [1.82, 2.24) is 10.3 Å². The molecule has 0 unspecified atom stereocenters. The van der Waals surface area contributed by atoms with E-state index in [9.17, 15) is 10.4 Å². The van der Waals surface area contributed by atoms with Gasteiger partial charge in [0.25, 0.3) is 6.20 Å². The van der Waals surface area contributed by atoms with E-state index < -0.39 is 5.90 Å². The first-order valence-electron chi connectivity index (χ1n) is 7.52. The van der Waals surface area contributed by atoms with Crippen LogP contribution in [-0.2, 0) is 7.05 Å². The summed E-state index contributed by atoms with van der Waals surface area (Å²) in [6.07, 6.45) is 1.46. The summed E-state index contributed by atoms with van der Waals surface area (Å²) in [5, 5.41) is 30.0. The van der Waals surface area contributed by atoms with Crippen LogP contribution in [-0.4, -0.2) is 16.2 Å². The largest absolute Gasteiger partial charge is 0.857 e. The number of aromatic nitrogens is 3. The van der Waals surface area contributed by atoms with E-state index in [1.165, 1.54) is 22.2 Å². The minimum atomic E-state index is -0.583. The molecule has 11 heteroatoms. The first kappa shape index (κ1) is 17.0. The number of thiophene rings is 2.